The van der Waals surface area contributed by atoms with Gasteiger partial charge in [0.15, 0.2) is 0 Å². The first-order valence-electron chi connectivity index (χ1n) is 7.55. The zero-order valence-corrected chi connectivity index (χ0v) is 14.0. The molecule has 1 unspecified atom stereocenters. The first kappa shape index (κ1) is 17.9. The number of nitrogens with zero attached hydrogens (tertiary/aromatic N) is 1. The van der Waals surface area contributed by atoms with Gasteiger partial charge in [0, 0.05) is 38.6 Å². The minimum Gasteiger partial charge on any atom is -0.382 e. The van der Waals surface area contributed by atoms with E-state index in [2.05, 4.69) is 35.5 Å². The molecule has 0 amide bonds. The van der Waals surface area contributed by atoms with E-state index >= 15 is 0 Å². The highest BCUT2D eigenvalue weighted by molar-refractivity contribution is 5.49. The Balaban J connectivity index is 2.78. The van der Waals surface area contributed by atoms with Crippen molar-refractivity contribution in [1.29, 1.82) is 0 Å². The van der Waals surface area contributed by atoms with Crippen LogP contribution in [0.15, 0.2) is 6.07 Å². The second kappa shape index (κ2) is 9.71. The highest BCUT2D eigenvalue weighted by Gasteiger charge is 2.11. The van der Waals surface area contributed by atoms with Crippen LogP contribution in [0.3, 0.4) is 0 Å². The molecular formula is C16H29N3O2. The van der Waals surface area contributed by atoms with Crippen molar-refractivity contribution in [3.63, 3.8) is 0 Å². The number of methoxy groups -OCH3 is 2. The lowest BCUT2D eigenvalue weighted by molar-refractivity contribution is 0.0365. The number of pyridine rings is 1. The fourth-order valence-corrected chi connectivity index (χ4v) is 2.23. The van der Waals surface area contributed by atoms with E-state index in [0.717, 1.165) is 31.0 Å². The molecule has 0 aliphatic heterocycles. The Bertz CT molecular complexity index is 424. The summed E-state index contributed by atoms with van der Waals surface area (Å²) in [5, 5.41) is 6.84. The third-order valence-corrected chi connectivity index (χ3v) is 3.39. The molecule has 1 atom stereocenters. The number of hydrogen-bond donors (Lipinski definition) is 2. The summed E-state index contributed by atoms with van der Waals surface area (Å²) < 4.78 is 10.5. The number of nitrogens with one attached hydrogen (secondary N) is 2. The average Bonchev–Trinajstić information content (AvgIpc) is 2.45. The molecule has 5 heteroatoms. The van der Waals surface area contributed by atoms with Crippen molar-refractivity contribution in [2.45, 2.75) is 39.8 Å². The van der Waals surface area contributed by atoms with E-state index < -0.39 is 0 Å². The molecule has 21 heavy (non-hydrogen) atoms. The van der Waals surface area contributed by atoms with Crippen molar-refractivity contribution in [3.05, 3.63) is 22.9 Å². The number of rotatable bonds is 10. The van der Waals surface area contributed by atoms with E-state index in [-0.39, 0.29) is 6.10 Å². The van der Waals surface area contributed by atoms with Gasteiger partial charge in [-0.2, -0.15) is 0 Å². The Kier molecular flexibility index (Phi) is 8.27. The first-order chi connectivity index (χ1) is 10.1. The normalized spacial score (nSPS) is 12.4. The van der Waals surface area contributed by atoms with Gasteiger partial charge in [-0.25, -0.2) is 4.98 Å². The number of ether oxygens (including phenoxy) is 2. The maximum absolute atomic E-state index is 5.38. The predicted molar refractivity (Wildman–Crippen MR) is 86.9 cm³/mol. The third kappa shape index (κ3) is 5.99. The molecule has 0 aliphatic carbocycles. The van der Waals surface area contributed by atoms with E-state index in [4.69, 9.17) is 9.47 Å². The molecule has 5 nitrogen and oxygen atoms in total. The zero-order chi connectivity index (χ0) is 15.7. The molecule has 1 aromatic heterocycles. The highest BCUT2D eigenvalue weighted by atomic mass is 16.5. The van der Waals surface area contributed by atoms with Gasteiger partial charge in [0.05, 0.1) is 12.7 Å². The molecule has 2 N–H and O–H groups in total. The summed E-state index contributed by atoms with van der Waals surface area (Å²) in [5.41, 5.74) is 3.51. The summed E-state index contributed by atoms with van der Waals surface area (Å²) in [6.45, 7) is 9.41. The van der Waals surface area contributed by atoms with Crippen LogP contribution in [0.25, 0.3) is 0 Å². The number of hydrogen-bond acceptors (Lipinski definition) is 5. The molecule has 0 saturated carbocycles. The Morgan fingerprint density at radius 3 is 2.67 bits per heavy atom. The minimum atomic E-state index is 0.0223. The van der Waals surface area contributed by atoms with Gasteiger partial charge in [-0.15, -0.1) is 0 Å². The summed E-state index contributed by atoms with van der Waals surface area (Å²) in [6, 6.07) is 2.12. The largest absolute Gasteiger partial charge is 0.382 e. The Morgan fingerprint density at radius 2 is 2.05 bits per heavy atom. The van der Waals surface area contributed by atoms with Crippen LogP contribution in [0.1, 0.15) is 30.2 Å². The van der Waals surface area contributed by atoms with Crippen LogP contribution in [0.2, 0.25) is 0 Å². The molecule has 120 valence electrons. The lowest BCUT2D eigenvalue weighted by Crippen LogP contribution is -2.28. The van der Waals surface area contributed by atoms with Gasteiger partial charge in [-0.3, -0.25) is 0 Å². The maximum atomic E-state index is 5.38. The van der Waals surface area contributed by atoms with Gasteiger partial charge in [0.2, 0.25) is 0 Å². The van der Waals surface area contributed by atoms with E-state index in [1.54, 1.807) is 14.2 Å². The molecule has 0 bridgehead atoms. The lowest BCUT2D eigenvalue weighted by atomic mass is 10.1. The Labute approximate surface area is 128 Å². The molecule has 0 spiro atoms. The van der Waals surface area contributed by atoms with Crippen LogP contribution in [0.4, 0.5) is 5.82 Å². The Hall–Kier alpha value is -1.17. The maximum Gasteiger partial charge on any atom is 0.131 e. The van der Waals surface area contributed by atoms with Crippen molar-refractivity contribution in [3.8, 4) is 0 Å². The van der Waals surface area contributed by atoms with Crippen molar-refractivity contribution in [2.75, 3.05) is 39.2 Å². The van der Waals surface area contributed by atoms with Crippen LogP contribution in [-0.4, -0.2) is 45.0 Å². The standard InChI is InChI=1S/C16H29N3O2/c1-6-7-17-10-15-12(2)8-13(3)19-16(15)18-9-14(21-5)11-20-4/h8,14,17H,6-7,9-11H2,1-5H3,(H,18,19). The molecule has 0 saturated heterocycles. The lowest BCUT2D eigenvalue weighted by Gasteiger charge is -2.19. The molecule has 0 aromatic carbocycles. The highest BCUT2D eigenvalue weighted by Crippen LogP contribution is 2.18. The van der Waals surface area contributed by atoms with E-state index in [1.807, 2.05) is 6.92 Å². The second-order valence-corrected chi connectivity index (χ2v) is 5.28. The van der Waals surface area contributed by atoms with Gasteiger partial charge in [0.1, 0.15) is 5.82 Å². The van der Waals surface area contributed by atoms with Crippen LogP contribution in [0, 0.1) is 13.8 Å². The molecule has 1 aromatic rings. The number of aryl methyl sites for hydroxylation is 2. The molecule has 0 aliphatic rings. The fourth-order valence-electron chi connectivity index (χ4n) is 2.23. The van der Waals surface area contributed by atoms with Gasteiger partial charge in [0.25, 0.3) is 0 Å². The van der Waals surface area contributed by atoms with Crippen LogP contribution >= 0.6 is 0 Å². The summed E-state index contributed by atoms with van der Waals surface area (Å²) in [7, 11) is 3.38. The monoisotopic (exact) mass is 295 g/mol. The van der Waals surface area contributed by atoms with Crippen molar-refractivity contribution in [2.24, 2.45) is 0 Å². The second-order valence-electron chi connectivity index (χ2n) is 5.28. The predicted octanol–water partition coefficient (Wildman–Crippen LogP) is 2.27. The molecule has 0 fully saturated rings. The van der Waals surface area contributed by atoms with E-state index in [9.17, 15) is 0 Å². The smallest absolute Gasteiger partial charge is 0.131 e. The van der Waals surface area contributed by atoms with Crippen molar-refractivity contribution >= 4 is 5.82 Å². The van der Waals surface area contributed by atoms with Crippen LogP contribution in [-0.2, 0) is 16.0 Å². The first-order valence-corrected chi connectivity index (χ1v) is 7.55. The molecule has 1 rings (SSSR count). The Morgan fingerprint density at radius 1 is 1.29 bits per heavy atom. The summed E-state index contributed by atoms with van der Waals surface area (Å²) >= 11 is 0. The number of aromatic nitrogens is 1. The SMILES string of the molecule is CCCNCc1c(C)cc(C)nc1NCC(COC)OC. The average molecular weight is 295 g/mol. The van der Waals surface area contributed by atoms with E-state index in [1.165, 1.54) is 11.1 Å². The molecular weight excluding hydrogens is 266 g/mol. The minimum absolute atomic E-state index is 0.0223. The fraction of sp³-hybridized carbons (Fsp3) is 0.688. The summed E-state index contributed by atoms with van der Waals surface area (Å²) in [4.78, 5) is 4.63. The molecule has 1 heterocycles. The van der Waals surface area contributed by atoms with Gasteiger partial charge >= 0.3 is 0 Å². The quantitative estimate of drug-likeness (QED) is 0.649. The third-order valence-electron chi connectivity index (χ3n) is 3.39. The van der Waals surface area contributed by atoms with Crippen molar-refractivity contribution in [1.82, 2.24) is 10.3 Å². The topological polar surface area (TPSA) is 55.4 Å². The number of anilines is 1. The zero-order valence-electron chi connectivity index (χ0n) is 14.0. The van der Waals surface area contributed by atoms with Crippen LogP contribution < -0.4 is 10.6 Å². The van der Waals surface area contributed by atoms with Gasteiger partial charge in [-0.05, 0) is 38.4 Å². The van der Waals surface area contributed by atoms with Crippen molar-refractivity contribution < 1.29 is 9.47 Å². The van der Waals surface area contributed by atoms with E-state index in [0.29, 0.717) is 13.2 Å². The van der Waals surface area contributed by atoms with Gasteiger partial charge in [-0.1, -0.05) is 6.92 Å². The van der Waals surface area contributed by atoms with Gasteiger partial charge < -0.3 is 20.1 Å². The molecule has 0 radical (unpaired) electrons. The summed E-state index contributed by atoms with van der Waals surface area (Å²) in [5.74, 6) is 0.939. The van der Waals surface area contributed by atoms with Crippen LogP contribution in [0.5, 0.6) is 0 Å². The summed E-state index contributed by atoms with van der Waals surface area (Å²) in [6.07, 6.45) is 1.15.